The Morgan fingerprint density at radius 3 is 1.71 bits per heavy atom. The fourth-order valence-electron chi connectivity index (χ4n) is 7.13. The van der Waals surface area contributed by atoms with E-state index in [1.54, 1.807) is 0 Å². The molecule has 6 atom stereocenters. The van der Waals surface area contributed by atoms with Gasteiger partial charge in [0.2, 0.25) is 0 Å². The first-order valence-electron chi connectivity index (χ1n) is 14.1. The number of piperazine rings is 1. The monoisotopic (exact) mass is 498 g/mol. The van der Waals surface area contributed by atoms with Crippen molar-refractivity contribution in [1.29, 1.82) is 0 Å². The highest BCUT2D eigenvalue weighted by Gasteiger charge is 2.57. The second-order valence-electron chi connectivity index (χ2n) is 10.9. The van der Waals surface area contributed by atoms with Crippen LogP contribution in [0.4, 0.5) is 0 Å². The van der Waals surface area contributed by atoms with Crippen molar-refractivity contribution in [2.24, 2.45) is 0 Å². The van der Waals surface area contributed by atoms with Gasteiger partial charge in [-0.05, 0) is 48.9 Å². The minimum Gasteiger partial charge on any atom is -0.287 e. The average Bonchev–Trinajstić information content (AvgIpc) is 3.55. The lowest BCUT2D eigenvalue weighted by Gasteiger charge is -2.50. The molecule has 4 unspecified atom stereocenters. The molecule has 4 aromatic carbocycles. The van der Waals surface area contributed by atoms with Crippen LogP contribution >= 0.6 is 0 Å². The van der Waals surface area contributed by atoms with Crippen molar-refractivity contribution in [3.63, 3.8) is 0 Å². The second-order valence-corrected chi connectivity index (χ2v) is 10.9. The molecule has 2 aliphatic rings. The van der Waals surface area contributed by atoms with Crippen LogP contribution in [0.25, 0.3) is 6.08 Å². The minimum atomic E-state index is 0.353. The van der Waals surface area contributed by atoms with Crippen LogP contribution in [-0.2, 0) is 0 Å². The summed E-state index contributed by atoms with van der Waals surface area (Å²) in [5, 5.41) is 0. The highest BCUT2D eigenvalue weighted by molar-refractivity contribution is 5.48. The topological polar surface area (TPSA) is 6.48 Å². The molecular formula is C36H38N2. The molecule has 2 aliphatic heterocycles. The molecule has 0 radical (unpaired) electrons. The van der Waals surface area contributed by atoms with Gasteiger partial charge in [0.1, 0.15) is 0 Å². The summed E-state index contributed by atoms with van der Waals surface area (Å²) in [6.45, 7) is 4.82. The Kier molecular flexibility index (Phi) is 7.27. The number of hydrogen-bond donors (Lipinski definition) is 0. The van der Waals surface area contributed by atoms with Gasteiger partial charge in [-0.1, -0.05) is 133 Å². The Hall–Kier alpha value is -3.46. The molecule has 0 saturated carbocycles. The highest BCUT2D eigenvalue weighted by Crippen LogP contribution is 2.54. The van der Waals surface area contributed by atoms with Crippen LogP contribution in [0, 0.1) is 0 Å². The summed E-state index contributed by atoms with van der Waals surface area (Å²) in [6, 6.07) is 46.6. The normalized spacial score (nSPS) is 25.1. The van der Waals surface area contributed by atoms with E-state index in [-0.39, 0.29) is 0 Å². The standard InChI is InChI=1S/C36H38N2/c1-27(30-19-9-4-10-20-30)37-33(25-15-18-29-16-7-3-8-17-29)34-26-35(37)36(32-23-13-6-14-24-32)38(34)28(2)31-21-11-5-12-22-31/h3-24,27-28,33-36H,25-26H2,1-2H3/b18-15+/t27-,28-,33?,34?,35?,36?/m1/s1. The van der Waals surface area contributed by atoms with E-state index in [0.717, 1.165) is 6.42 Å². The molecule has 4 aromatic rings. The molecule has 2 heterocycles. The first kappa shape index (κ1) is 24.9. The van der Waals surface area contributed by atoms with E-state index in [1.165, 1.54) is 28.7 Å². The summed E-state index contributed by atoms with van der Waals surface area (Å²) < 4.78 is 0. The van der Waals surface area contributed by atoms with Gasteiger partial charge >= 0.3 is 0 Å². The maximum absolute atomic E-state index is 2.86. The van der Waals surface area contributed by atoms with E-state index >= 15 is 0 Å². The van der Waals surface area contributed by atoms with Gasteiger partial charge in [0.15, 0.2) is 0 Å². The smallest absolute Gasteiger partial charge is 0.0514 e. The first-order valence-corrected chi connectivity index (χ1v) is 14.1. The Labute approximate surface area is 228 Å². The lowest BCUT2D eigenvalue weighted by atomic mass is 9.91. The lowest BCUT2D eigenvalue weighted by molar-refractivity contribution is -0.0186. The number of hydrogen-bond acceptors (Lipinski definition) is 2. The van der Waals surface area contributed by atoms with E-state index in [4.69, 9.17) is 0 Å². The van der Waals surface area contributed by atoms with Crippen LogP contribution in [0.1, 0.15) is 67.1 Å². The Morgan fingerprint density at radius 2 is 1.13 bits per heavy atom. The van der Waals surface area contributed by atoms with Crippen molar-refractivity contribution >= 4 is 6.08 Å². The third-order valence-electron chi connectivity index (χ3n) is 8.85. The molecule has 0 N–H and O–H groups in total. The fourth-order valence-corrected chi connectivity index (χ4v) is 7.13. The molecule has 2 saturated heterocycles. The van der Waals surface area contributed by atoms with Gasteiger partial charge in [0.25, 0.3) is 0 Å². The molecule has 2 heteroatoms. The van der Waals surface area contributed by atoms with Gasteiger partial charge in [-0.25, -0.2) is 0 Å². The molecular weight excluding hydrogens is 460 g/mol. The molecule has 0 aliphatic carbocycles. The minimum absolute atomic E-state index is 0.353. The number of benzene rings is 4. The van der Waals surface area contributed by atoms with Gasteiger partial charge in [-0.3, -0.25) is 9.80 Å². The van der Waals surface area contributed by atoms with Crippen LogP contribution in [0.15, 0.2) is 127 Å². The number of nitrogens with zero attached hydrogens (tertiary/aromatic N) is 2. The Balaban J connectivity index is 1.39. The van der Waals surface area contributed by atoms with Gasteiger partial charge in [0, 0.05) is 30.2 Å². The molecule has 6 rings (SSSR count). The number of rotatable bonds is 8. The average molecular weight is 499 g/mol. The zero-order valence-electron chi connectivity index (χ0n) is 22.5. The molecule has 2 nitrogen and oxygen atoms in total. The van der Waals surface area contributed by atoms with Gasteiger partial charge in [-0.2, -0.15) is 0 Å². The van der Waals surface area contributed by atoms with Crippen LogP contribution in [0.2, 0.25) is 0 Å². The zero-order chi connectivity index (χ0) is 25.9. The predicted octanol–water partition coefficient (Wildman–Crippen LogP) is 8.48. The maximum Gasteiger partial charge on any atom is 0.0514 e. The zero-order valence-corrected chi connectivity index (χ0v) is 22.5. The van der Waals surface area contributed by atoms with Crippen molar-refractivity contribution in [2.45, 2.75) is 62.9 Å². The summed E-state index contributed by atoms with van der Waals surface area (Å²) in [5.41, 5.74) is 5.52. The number of likely N-dealkylation sites (tertiary alicyclic amines) is 2. The molecule has 2 bridgehead atoms. The number of fused-ring (bicyclic) bond motifs is 2. The van der Waals surface area contributed by atoms with Crippen molar-refractivity contribution in [3.05, 3.63) is 150 Å². The molecule has 0 spiro atoms. The van der Waals surface area contributed by atoms with Crippen LogP contribution < -0.4 is 0 Å². The van der Waals surface area contributed by atoms with E-state index in [9.17, 15) is 0 Å². The fraction of sp³-hybridized carbons (Fsp3) is 0.278. The van der Waals surface area contributed by atoms with E-state index in [0.29, 0.717) is 36.3 Å². The van der Waals surface area contributed by atoms with Gasteiger partial charge in [0.05, 0.1) is 6.04 Å². The highest BCUT2D eigenvalue weighted by atomic mass is 15.4. The van der Waals surface area contributed by atoms with Crippen LogP contribution in [-0.4, -0.2) is 27.9 Å². The van der Waals surface area contributed by atoms with E-state index in [2.05, 4.69) is 157 Å². The third-order valence-corrected chi connectivity index (χ3v) is 8.85. The van der Waals surface area contributed by atoms with Crippen molar-refractivity contribution in [3.8, 4) is 0 Å². The van der Waals surface area contributed by atoms with Gasteiger partial charge < -0.3 is 0 Å². The molecule has 0 aromatic heterocycles. The summed E-state index contributed by atoms with van der Waals surface area (Å²) in [7, 11) is 0. The second kappa shape index (κ2) is 11.1. The summed E-state index contributed by atoms with van der Waals surface area (Å²) in [4.78, 5) is 5.71. The van der Waals surface area contributed by atoms with Crippen molar-refractivity contribution in [1.82, 2.24) is 9.80 Å². The Morgan fingerprint density at radius 1 is 0.632 bits per heavy atom. The largest absolute Gasteiger partial charge is 0.287 e. The van der Waals surface area contributed by atoms with Crippen molar-refractivity contribution in [2.75, 3.05) is 0 Å². The van der Waals surface area contributed by atoms with Crippen molar-refractivity contribution < 1.29 is 0 Å². The molecule has 192 valence electrons. The first-order chi connectivity index (χ1) is 18.7. The third kappa shape index (κ3) is 4.75. The molecule has 38 heavy (non-hydrogen) atoms. The van der Waals surface area contributed by atoms with Crippen LogP contribution in [0.5, 0.6) is 0 Å². The molecule has 2 fully saturated rings. The van der Waals surface area contributed by atoms with E-state index < -0.39 is 0 Å². The molecule has 0 amide bonds. The lowest BCUT2D eigenvalue weighted by Crippen LogP contribution is -2.55. The predicted molar refractivity (Wildman–Crippen MR) is 159 cm³/mol. The summed E-state index contributed by atoms with van der Waals surface area (Å²) in [5.74, 6) is 0. The van der Waals surface area contributed by atoms with Crippen LogP contribution in [0.3, 0.4) is 0 Å². The van der Waals surface area contributed by atoms with Gasteiger partial charge in [-0.15, -0.1) is 0 Å². The SMILES string of the molecule is C[C@H](c1ccccc1)N1C(C/C=C/c2ccccc2)C2CC1C(c1ccccc1)N2[C@H](C)c1ccccc1. The van der Waals surface area contributed by atoms with E-state index in [1.807, 2.05) is 0 Å². The summed E-state index contributed by atoms with van der Waals surface area (Å²) >= 11 is 0. The quantitative estimate of drug-likeness (QED) is 0.240. The Bertz CT molecular complexity index is 1320. The summed E-state index contributed by atoms with van der Waals surface area (Å²) in [6.07, 6.45) is 6.97. The maximum atomic E-state index is 2.86.